The van der Waals surface area contributed by atoms with Crippen molar-refractivity contribution in [3.8, 4) is 0 Å². The molecule has 1 aromatic heterocycles. The lowest BCUT2D eigenvalue weighted by molar-refractivity contribution is 0.0964. The molecule has 0 fully saturated rings. The van der Waals surface area contributed by atoms with Crippen LogP contribution in [0, 0.1) is 0 Å². The zero-order valence-corrected chi connectivity index (χ0v) is 9.14. The monoisotopic (exact) mass is 212 g/mol. The van der Waals surface area contributed by atoms with Crippen molar-refractivity contribution < 1.29 is 9.53 Å². The fourth-order valence-corrected chi connectivity index (χ4v) is 1.69. The Kier molecular flexibility index (Phi) is 3.64. The first-order chi connectivity index (χ1) is 6.69. The van der Waals surface area contributed by atoms with Crippen molar-refractivity contribution in [3.63, 3.8) is 0 Å². The molecule has 0 saturated carbocycles. The molecule has 0 atom stereocenters. The van der Waals surface area contributed by atoms with E-state index < -0.39 is 0 Å². The number of carbonyl (C=O) groups is 1. The van der Waals surface area contributed by atoms with Crippen molar-refractivity contribution in [1.82, 2.24) is 5.32 Å². The number of amides is 1. The molecule has 14 heavy (non-hydrogen) atoms. The molecule has 0 aliphatic heterocycles. The van der Waals surface area contributed by atoms with Gasteiger partial charge in [-0.3, -0.25) is 4.79 Å². The summed E-state index contributed by atoms with van der Waals surface area (Å²) in [5, 5.41) is 5.05. The number of nitrogens with zero attached hydrogens (tertiary/aromatic N) is 1. The Morgan fingerprint density at radius 3 is 2.93 bits per heavy atom. The summed E-state index contributed by atoms with van der Waals surface area (Å²) in [7, 11) is 3.14. The standard InChI is InChI=1S/C9H12N2O2S/c1-6(13-3)11-9-7(4-5-14-9)8(12)10-2/h4-5H,1-3H3,(H,10,12). The molecule has 4 nitrogen and oxygen atoms in total. The van der Waals surface area contributed by atoms with Gasteiger partial charge in [-0.25, -0.2) is 4.99 Å². The number of rotatable bonds is 2. The lowest BCUT2D eigenvalue weighted by atomic mass is 10.3. The molecule has 0 spiro atoms. The normalized spacial score (nSPS) is 11.2. The first-order valence-corrected chi connectivity index (χ1v) is 4.96. The molecule has 76 valence electrons. The van der Waals surface area contributed by atoms with Crippen molar-refractivity contribution in [1.29, 1.82) is 0 Å². The van der Waals surface area contributed by atoms with E-state index in [0.29, 0.717) is 16.5 Å². The second-order valence-electron chi connectivity index (χ2n) is 2.55. The quantitative estimate of drug-likeness (QED) is 0.600. The molecule has 1 N–H and O–H groups in total. The molecule has 1 amide bonds. The third-order valence-electron chi connectivity index (χ3n) is 1.67. The third kappa shape index (κ3) is 2.32. The van der Waals surface area contributed by atoms with Gasteiger partial charge in [-0.2, -0.15) is 0 Å². The Labute approximate surface area is 86.6 Å². The predicted molar refractivity (Wildman–Crippen MR) is 57.5 cm³/mol. The van der Waals surface area contributed by atoms with Crippen molar-refractivity contribution in [3.05, 3.63) is 17.0 Å². The molecule has 1 heterocycles. The minimum Gasteiger partial charge on any atom is -0.484 e. The molecule has 1 aromatic rings. The van der Waals surface area contributed by atoms with Gasteiger partial charge >= 0.3 is 0 Å². The molecular formula is C9H12N2O2S. The van der Waals surface area contributed by atoms with Crippen molar-refractivity contribution in [2.75, 3.05) is 14.2 Å². The Balaban J connectivity index is 2.99. The molecule has 1 rings (SSSR count). The van der Waals surface area contributed by atoms with Gasteiger partial charge < -0.3 is 10.1 Å². The number of aliphatic imine (C=N–C) groups is 1. The Morgan fingerprint density at radius 1 is 1.64 bits per heavy atom. The first kappa shape index (κ1) is 10.7. The SMILES string of the molecule is CNC(=O)c1ccsc1N=C(C)OC. The second kappa shape index (κ2) is 4.76. The second-order valence-corrected chi connectivity index (χ2v) is 3.45. The van der Waals surface area contributed by atoms with Gasteiger partial charge in [0.05, 0.1) is 12.7 Å². The minimum absolute atomic E-state index is 0.131. The molecule has 0 radical (unpaired) electrons. The van der Waals surface area contributed by atoms with Gasteiger partial charge in [0.25, 0.3) is 5.91 Å². The van der Waals surface area contributed by atoms with Gasteiger partial charge in [0.1, 0.15) is 5.00 Å². The van der Waals surface area contributed by atoms with Gasteiger partial charge in [-0.05, 0) is 11.4 Å². The van der Waals surface area contributed by atoms with E-state index in [1.165, 1.54) is 11.3 Å². The maximum absolute atomic E-state index is 11.4. The fraction of sp³-hybridized carbons (Fsp3) is 0.333. The van der Waals surface area contributed by atoms with Gasteiger partial charge in [-0.1, -0.05) is 0 Å². The van der Waals surface area contributed by atoms with Crippen molar-refractivity contribution in [2.24, 2.45) is 4.99 Å². The number of hydrogen-bond acceptors (Lipinski definition) is 4. The fourth-order valence-electron chi connectivity index (χ4n) is 0.884. The highest BCUT2D eigenvalue weighted by Gasteiger charge is 2.10. The van der Waals surface area contributed by atoms with E-state index >= 15 is 0 Å². The molecule has 5 heteroatoms. The summed E-state index contributed by atoms with van der Waals surface area (Å²) in [6.07, 6.45) is 0. The molecular weight excluding hydrogens is 200 g/mol. The van der Waals surface area contributed by atoms with E-state index in [0.717, 1.165) is 0 Å². The number of carbonyl (C=O) groups excluding carboxylic acids is 1. The Hall–Kier alpha value is -1.36. The highest BCUT2D eigenvalue weighted by atomic mass is 32.1. The minimum atomic E-state index is -0.131. The first-order valence-electron chi connectivity index (χ1n) is 4.08. The topological polar surface area (TPSA) is 50.7 Å². The summed E-state index contributed by atoms with van der Waals surface area (Å²) in [5.74, 6) is 0.409. The number of nitrogens with one attached hydrogen (secondary N) is 1. The largest absolute Gasteiger partial charge is 0.484 e. The summed E-state index contributed by atoms with van der Waals surface area (Å²) in [6, 6.07) is 1.74. The van der Waals surface area contributed by atoms with E-state index in [9.17, 15) is 4.79 Å². The van der Waals surface area contributed by atoms with Crippen LogP contribution in [0.2, 0.25) is 0 Å². The van der Waals surface area contributed by atoms with E-state index in [-0.39, 0.29) is 5.91 Å². The highest BCUT2D eigenvalue weighted by molar-refractivity contribution is 7.14. The zero-order valence-electron chi connectivity index (χ0n) is 8.33. The van der Waals surface area contributed by atoms with Crippen LogP contribution in [0.1, 0.15) is 17.3 Å². The number of hydrogen-bond donors (Lipinski definition) is 1. The van der Waals surface area contributed by atoms with Crippen LogP contribution in [-0.4, -0.2) is 26.0 Å². The molecule has 0 aliphatic carbocycles. The average Bonchev–Trinajstić information content (AvgIpc) is 2.64. The molecule has 0 aromatic carbocycles. The molecule has 0 unspecified atom stereocenters. The highest BCUT2D eigenvalue weighted by Crippen LogP contribution is 2.26. The van der Waals surface area contributed by atoms with E-state index in [1.807, 2.05) is 5.38 Å². The van der Waals surface area contributed by atoms with Gasteiger partial charge in [0.15, 0.2) is 5.90 Å². The lowest BCUT2D eigenvalue weighted by Crippen LogP contribution is -2.17. The summed E-state index contributed by atoms with van der Waals surface area (Å²) < 4.78 is 4.92. The van der Waals surface area contributed by atoms with Crippen LogP contribution in [0.3, 0.4) is 0 Å². The van der Waals surface area contributed by atoms with Crippen LogP contribution >= 0.6 is 11.3 Å². The Morgan fingerprint density at radius 2 is 2.36 bits per heavy atom. The maximum Gasteiger partial charge on any atom is 0.254 e. The summed E-state index contributed by atoms with van der Waals surface area (Å²) >= 11 is 1.41. The van der Waals surface area contributed by atoms with E-state index in [4.69, 9.17) is 4.74 Å². The molecule has 0 saturated heterocycles. The van der Waals surface area contributed by atoms with Crippen LogP contribution in [0.15, 0.2) is 16.4 Å². The average molecular weight is 212 g/mol. The van der Waals surface area contributed by atoms with Crippen LogP contribution in [0.5, 0.6) is 0 Å². The molecule has 0 bridgehead atoms. The summed E-state index contributed by atoms with van der Waals surface area (Å²) in [5.41, 5.74) is 0.578. The number of methoxy groups -OCH3 is 1. The van der Waals surface area contributed by atoms with Gasteiger partial charge in [0, 0.05) is 14.0 Å². The maximum atomic E-state index is 11.4. The van der Waals surface area contributed by atoms with E-state index in [2.05, 4.69) is 10.3 Å². The number of ether oxygens (including phenoxy) is 1. The summed E-state index contributed by atoms with van der Waals surface area (Å²) in [6.45, 7) is 1.74. The van der Waals surface area contributed by atoms with Gasteiger partial charge in [-0.15, -0.1) is 11.3 Å². The smallest absolute Gasteiger partial charge is 0.254 e. The third-order valence-corrected chi connectivity index (χ3v) is 2.48. The van der Waals surface area contributed by atoms with Crippen LogP contribution in [-0.2, 0) is 4.74 Å². The van der Waals surface area contributed by atoms with Crippen LogP contribution in [0.4, 0.5) is 5.00 Å². The van der Waals surface area contributed by atoms with Crippen molar-refractivity contribution in [2.45, 2.75) is 6.92 Å². The lowest BCUT2D eigenvalue weighted by Gasteiger charge is -1.99. The predicted octanol–water partition coefficient (Wildman–Crippen LogP) is 1.80. The summed E-state index contributed by atoms with van der Waals surface area (Å²) in [4.78, 5) is 15.5. The van der Waals surface area contributed by atoms with Gasteiger partial charge in [0.2, 0.25) is 0 Å². The zero-order chi connectivity index (χ0) is 10.6. The van der Waals surface area contributed by atoms with Crippen molar-refractivity contribution >= 4 is 28.1 Å². The number of thiophene rings is 1. The Bertz CT molecular complexity index is 357. The van der Waals surface area contributed by atoms with E-state index in [1.54, 1.807) is 27.1 Å². The molecule has 0 aliphatic rings. The van der Waals surface area contributed by atoms with Crippen LogP contribution in [0.25, 0.3) is 0 Å². The van der Waals surface area contributed by atoms with Crippen LogP contribution < -0.4 is 5.32 Å².